The minimum atomic E-state index is 0.0703. The number of fused-ring (bicyclic) bond motifs is 5. The Morgan fingerprint density at radius 3 is 2.49 bits per heavy atom. The number of hydrogen-bond acceptors (Lipinski definition) is 2. The van der Waals surface area contributed by atoms with Gasteiger partial charge in [-0.15, -0.1) is 0 Å². The maximum Gasteiger partial charge on any atom is 0.157 e. The lowest BCUT2D eigenvalue weighted by Gasteiger charge is -2.58. The fourth-order valence-corrected chi connectivity index (χ4v) is 10.1. The molecule has 2 nitrogen and oxygen atoms in total. The van der Waals surface area contributed by atoms with Gasteiger partial charge in [0.15, 0.2) is 6.29 Å². The minimum Gasteiger partial charge on any atom is -0.353 e. The molecule has 2 heteroatoms. The van der Waals surface area contributed by atoms with E-state index in [1.807, 2.05) is 5.57 Å². The van der Waals surface area contributed by atoms with E-state index in [1.54, 1.807) is 0 Å². The smallest absolute Gasteiger partial charge is 0.157 e. The molecule has 8 atom stereocenters. The van der Waals surface area contributed by atoms with Gasteiger partial charge in [-0.2, -0.15) is 0 Å². The molecule has 0 N–H and O–H groups in total. The number of hydrogen-bond donors (Lipinski definition) is 0. The third-order valence-corrected chi connectivity index (χ3v) is 12.1. The molecule has 1 aliphatic heterocycles. The van der Waals surface area contributed by atoms with Crippen molar-refractivity contribution in [3.05, 3.63) is 11.6 Å². The summed E-state index contributed by atoms with van der Waals surface area (Å²) in [5.41, 5.74) is 2.94. The fraction of sp³-hybridized carbons (Fsp3) is 0.939. The topological polar surface area (TPSA) is 18.5 Å². The Bertz CT molecular complexity index is 735. The second-order valence-electron chi connectivity index (χ2n) is 14.5. The first-order valence-electron chi connectivity index (χ1n) is 15.7. The van der Waals surface area contributed by atoms with Crippen LogP contribution in [0.1, 0.15) is 125 Å². The highest BCUT2D eigenvalue weighted by atomic mass is 16.7. The maximum atomic E-state index is 5.84. The first-order valence-corrected chi connectivity index (χ1v) is 15.7. The fourth-order valence-electron chi connectivity index (χ4n) is 10.1. The van der Waals surface area contributed by atoms with Crippen molar-refractivity contribution in [3.8, 4) is 0 Å². The molecule has 3 saturated carbocycles. The van der Waals surface area contributed by atoms with Crippen LogP contribution in [0, 0.1) is 52.3 Å². The molecule has 1 saturated heterocycles. The van der Waals surface area contributed by atoms with Gasteiger partial charge in [-0.3, -0.25) is 0 Å². The van der Waals surface area contributed by atoms with Crippen molar-refractivity contribution in [2.75, 3.05) is 13.2 Å². The molecule has 0 spiro atoms. The standard InChI is InChI=1S/C33H56O2/c1-23(2)8-6-9-24(3)28-13-14-29-27-12-11-26-22-25(10-15-31-34-20-7-21-35-31)16-18-32(26,4)30(27)17-19-33(28,29)5/h11,23-25,27-31H,6-10,12-22H2,1-5H3/t24-,25?,27+,28-,29+,30+,32+,33-/m1/s1. The highest BCUT2D eigenvalue weighted by Crippen LogP contribution is 2.67. The highest BCUT2D eigenvalue weighted by molar-refractivity contribution is 5.25. The Kier molecular flexibility index (Phi) is 8.11. The molecule has 5 aliphatic rings. The van der Waals surface area contributed by atoms with Crippen LogP contribution in [0.5, 0.6) is 0 Å². The quantitative estimate of drug-likeness (QED) is 0.320. The summed E-state index contributed by atoms with van der Waals surface area (Å²) in [5.74, 6) is 6.47. The van der Waals surface area contributed by atoms with E-state index in [4.69, 9.17) is 9.47 Å². The summed E-state index contributed by atoms with van der Waals surface area (Å²) in [6.45, 7) is 14.6. The van der Waals surface area contributed by atoms with E-state index in [1.165, 1.54) is 77.0 Å². The lowest BCUT2D eigenvalue weighted by Crippen LogP contribution is -2.50. The maximum absolute atomic E-state index is 5.84. The van der Waals surface area contributed by atoms with Crippen molar-refractivity contribution in [3.63, 3.8) is 0 Å². The molecule has 200 valence electrons. The third kappa shape index (κ3) is 5.19. The molecule has 1 heterocycles. The third-order valence-electron chi connectivity index (χ3n) is 12.1. The van der Waals surface area contributed by atoms with Gasteiger partial charge in [0, 0.05) is 0 Å². The van der Waals surface area contributed by atoms with Gasteiger partial charge in [-0.25, -0.2) is 0 Å². The summed E-state index contributed by atoms with van der Waals surface area (Å²) in [4.78, 5) is 0. The molecule has 0 radical (unpaired) electrons. The minimum absolute atomic E-state index is 0.0703. The summed E-state index contributed by atoms with van der Waals surface area (Å²) in [6, 6.07) is 0. The van der Waals surface area contributed by atoms with Gasteiger partial charge >= 0.3 is 0 Å². The zero-order chi connectivity index (χ0) is 24.6. The van der Waals surface area contributed by atoms with Gasteiger partial charge in [0.2, 0.25) is 0 Å². The molecular weight excluding hydrogens is 428 g/mol. The second kappa shape index (κ2) is 10.8. The van der Waals surface area contributed by atoms with Crippen LogP contribution in [0.2, 0.25) is 0 Å². The van der Waals surface area contributed by atoms with Crippen LogP contribution in [0.3, 0.4) is 0 Å². The first-order chi connectivity index (χ1) is 16.8. The monoisotopic (exact) mass is 484 g/mol. The van der Waals surface area contributed by atoms with Gasteiger partial charge in [-0.05, 0) is 123 Å². The molecule has 0 bridgehead atoms. The van der Waals surface area contributed by atoms with E-state index in [-0.39, 0.29) is 6.29 Å². The summed E-state index contributed by atoms with van der Waals surface area (Å²) in [7, 11) is 0. The predicted octanol–water partition coefficient (Wildman–Crippen LogP) is 9.19. The summed E-state index contributed by atoms with van der Waals surface area (Å²) in [6.07, 6.45) is 22.2. The Morgan fingerprint density at radius 2 is 1.71 bits per heavy atom. The van der Waals surface area contributed by atoms with Crippen molar-refractivity contribution >= 4 is 0 Å². The molecule has 0 amide bonds. The number of ether oxygens (including phenoxy) is 2. The lowest BCUT2D eigenvalue weighted by atomic mass is 9.46. The van der Waals surface area contributed by atoms with Crippen molar-refractivity contribution in [2.45, 2.75) is 131 Å². The van der Waals surface area contributed by atoms with E-state index in [0.29, 0.717) is 10.8 Å². The summed E-state index contributed by atoms with van der Waals surface area (Å²) < 4.78 is 11.7. The molecule has 1 unspecified atom stereocenters. The second-order valence-corrected chi connectivity index (χ2v) is 14.5. The van der Waals surface area contributed by atoms with E-state index in [9.17, 15) is 0 Å². The van der Waals surface area contributed by atoms with Crippen LogP contribution in [0.15, 0.2) is 11.6 Å². The van der Waals surface area contributed by atoms with Crippen LogP contribution in [0.4, 0.5) is 0 Å². The molecule has 0 aromatic heterocycles. The Labute approximate surface area is 217 Å². The first kappa shape index (κ1) is 26.3. The largest absolute Gasteiger partial charge is 0.353 e. The van der Waals surface area contributed by atoms with Gasteiger partial charge < -0.3 is 9.47 Å². The Balaban J connectivity index is 1.21. The SMILES string of the molecule is CC(C)CCC[C@@H](C)[C@H]1CC[C@H]2[C@@H]3CC=C4CC(CCC5OCCCO5)CC[C@]4(C)[C@H]3CC[C@]12C. The zero-order valence-electron chi connectivity index (χ0n) is 23.8. The van der Waals surface area contributed by atoms with Gasteiger partial charge in [0.25, 0.3) is 0 Å². The van der Waals surface area contributed by atoms with Crippen molar-refractivity contribution in [1.29, 1.82) is 0 Å². The summed E-state index contributed by atoms with van der Waals surface area (Å²) in [5, 5.41) is 0. The molecule has 35 heavy (non-hydrogen) atoms. The number of rotatable bonds is 8. The molecule has 4 fully saturated rings. The lowest BCUT2D eigenvalue weighted by molar-refractivity contribution is -0.183. The van der Waals surface area contributed by atoms with Gasteiger partial charge in [0.1, 0.15) is 0 Å². The summed E-state index contributed by atoms with van der Waals surface area (Å²) >= 11 is 0. The Hall–Kier alpha value is -0.340. The van der Waals surface area contributed by atoms with E-state index < -0.39 is 0 Å². The zero-order valence-corrected chi connectivity index (χ0v) is 23.8. The van der Waals surface area contributed by atoms with Gasteiger partial charge in [-0.1, -0.05) is 65.5 Å². The van der Waals surface area contributed by atoms with Crippen molar-refractivity contribution in [2.24, 2.45) is 52.3 Å². The van der Waals surface area contributed by atoms with E-state index in [0.717, 1.165) is 67.5 Å². The molecule has 5 rings (SSSR count). The van der Waals surface area contributed by atoms with Crippen LogP contribution in [-0.2, 0) is 9.47 Å². The van der Waals surface area contributed by atoms with Crippen LogP contribution >= 0.6 is 0 Å². The highest BCUT2D eigenvalue weighted by Gasteiger charge is 2.59. The molecule has 4 aliphatic carbocycles. The van der Waals surface area contributed by atoms with Gasteiger partial charge in [0.05, 0.1) is 13.2 Å². The molecular formula is C33H56O2. The Morgan fingerprint density at radius 1 is 0.914 bits per heavy atom. The van der Waals surface area contributed by atoms with E-state index in [2.05, 4.69) is 40.7 Å². The molecule has 0 aromatic carbocycles. The number of allylic oxidation sites excluding steroid dienone is 2. The predicted molar refractivity (Wildman–Crippen MR) is 146 cm³/mol. The van der Waals surface area contributed by atoms with Crippen LogP contribution in [-0.4, -0.2) is 19.5 Å². The normalized spacial score (nSPS) is 42.8. The average molecular weight is 485 g/mol. The molecule has 0 aromatic rings. The van der Waals surface area contributed by atoms with Crippen LogP contribution in [0.25, 0.3) is 0 Å². The average Bonchev–Trinajstić information content (AvgIpc) is 3.20. The van der Waals surface area contributed by atoms with Crippen LogP contribution < -0.4 is 0 Å². The van der Waals surface area contributed by atoms with E-state index >= 15 is 0 Å². The van der Waals surface area contributed by atoms with Crippen molar-refractivity contribution in [1.82, 2.24) is 0 Å². The van der Waals surface area contributed by atoms with Crippen molar-refractivity contribution < 1.29 is 9.47 Å².